The molecule has 0 radical (unpaired) electrons. The Labute approximate surface area is 143 Å². The number of carbonyl (C=O) groups is 3. The summed E-state index contributed by atoms with van der Waals surface area (Å²) in [5, 5.41) is 0.563. The van der Waals surface area contributed by atoms with E-state index in [-0.39, 0.29) is 23.0 Å². The fourth-order valence-electron chi connectivity index (χ4n) is 3.10. The maximum Gasteiger partial charge on any atom is 0.336 e. The van der Waals surface area contributed by atoms with Crippen LogP contribution in [0, 0.1) is 5.92 Å². The van der Waals surface area contributed by atoms with Crippen molar-refractivity contribution in [3.05, 3.63) is 65.2 Å². The Kier molecular flexibility index (Phi) is 3.53. The lowest BCUT2D eigenvalue weighted by Gasteiger charge is -2.12. The maximum atomic E-state index is 12.3. The molecule has 1 heterocycles. The lowest BCUT2D eigenvalue weighted by Crippen LogP contribution is -2.33. The normalized spacial score (nSPS) is 21.1. The highest BCUT2D eigenvalue weighted by Gasteiger charge is 2.48. The van der Waals surface area contributed by atoms with Gasteiger partial charge in [0.25, 0.3) is 11.8 Å². The van der Waals surface area contributed by atoms with E-state index in [2.05, 4.69) is 0 Å². The molecule has 4 rings (SSSR count). The first-order chi connectivity index (χ1) is 12.1. The number of fused-ring (bicyclic) bond motifs is 1. The van der Waals surface area contributed by atoms with Crippen molar-refractivity contribution in [1.82, 2.24) is 5.06 Å². The molecule has 0 unspecified atom stereocenters. The van der Waals surface area contributed by atoms with Crippen LogP contribution in [0.1, 0.15) is 38.6 Å². The molecule has 1 fully saturated rings. The lowest BCUT2D eigenvalue weighted by molar-refractivity contribution is -0.170. The largest absolute Gasteiger partial charge is 0.497 e. The van der Waals surface area contributed by atoms with E-state index in [0.717, 1.165) is 11.3 Å². The molecule has 0 N–H and O–H groups in total. The second-order valence-electron chi connectivity index (χ2n) is 6.09. The number of rotatable bonds is 4. The van der Waals surface area contributed by atoms with Gasteiger partial charge in [0, 0.05) is 0 Å². The molecule has 0 saturated heterocycles. The second-order valence-corrected chi connectivity index (χ2v) is 6.09. The van der Waals surface area contributed by atoms with Crippen LogP contribution in [0.25, 0.3) is 0 Å². The van der Waals surface area contributed by atoms with E-state index in [0.29, 0.717) is 11.5 Å². The summed E-state index contributed by atoms with van der Waals surface area (Å²) in [6, 6.07) is 13.9. The van der Waals surface area contributed by atoms with E-state index < -0.39 is 17.8 Å². The van der Waals surface area contributed by atoms with Crippen LogP contribution in [0.2, 0.25) is 0 Å². The zero-order valence-corrected chi connectivity index (χ0v) is 13.5. The minimum absolute atomic E-state index is 0.0118. The second kappa shape index (κ2) is 5.73. The van der Waals surface area contributed by atoms with Crippen molar-refractivity contribution in [2.24, 2.45) is 5.92 Å². The van der Waals surface area contributed by atoms with Gasteiger partial charge in [-0.3, -0.25) is 9.59 Å². The van der Waals surface area contributed by atoms with Crippen LogP contribution in [-0.4, -0.2) is 30.0 Å². The number of amides is 2. The molecule has 6 nitrogen and oxygen atoms in total. The molecular weight excluding hydrogens is 322 g/mol. The van der Waals surface area contributed by atoms with Gasteiger partial charge in [0.1, 0.15) is 5.75 Å². The SMILES string of the molecule is COc1cccc([C@@H]2C[C@H]2C(=O)ON2C(=O)c3ccccc3C2=O)c1. The van der Waals surface area contributed by atoms with Gasteiger partial charge in [0.15, 0.2) is 0 Å². The number of hydrogen-bond donors (Lipinski definition) is 0. The predicted octanol–water partition coefficient (Wildman–Crippen LogP) is 2.55. The third-order valence-electron chi connectivity index (χ3n) is 4.55. The van der Waals surface area contributed by atoms with Crippen molar-refractivity contribution in [3.8, 4) is 5.75 Å². The van der Waals surface area contributed by atoms with E-state index in [9.17, 15) is 14.4 Å². The van der Waals surface area contributed by atoms with Crippen LogP contribution in [0.3, 0.4) is 0 Å². The molecule has 1 saturated carbocycles. The van der Waals surface area contributed by atoms with Gasteiger partial charge in [-0.1, -0.05) is 29.3 Å². The van der Waals surface area contributed by atoms with Crippen LogP contribution in [0.5, 0.6) is 5.75 Å². The number of ether oxygens (including phenoxy) is 1. The lowest BCUT2D eigenvalue weighted by atomic mass is 10.1. The summed E-state index contributed by atoms with van der Waals surface area (Å²) >= 11 is 0. The van der Waals surface area contributed by atoms with E-state index >= 15 is 0 Å². The van der Waals surface area contributed by atoms with Crippen molar-refractivity contribution in [2.45, 2.75) is 12.3 Å². The summed E-state index contributed by atoms with van der Waals surface area (Å²) in [6.07, 6.45) is 0.620. The van der Waals surface area contributed by atoms with E-state index in [1.54, 1.807) is 31.4 Å². The van der Waals surface area contributed by atoms with E-state index in [4.69, 9.17) is 9.57 Å². The van der Waals surface area contributed by atoms with Gasteiger partial charge in [-0.2, -0.15) is 0 Å². The van der Waals surface area contributed by atoms with Gasteiger partial charge in [-0.05, 0) is 42.2 Å². The zero-order chi connectivity index (χ0) is 17.6. The summed E-state index contributed by atoms with van der Waals surface area (Å²) < 4.78 is 5.19. The summed E-state index contributed by atoms with van der Waals surface area (Å²) in [7, 11) is 1.58. The molecule has 0 spiro atoms. The molecule has 6 heteroatoms. The number of carbonyl (C=O) groups excluding carboxylic acids is 3. The number of imide groups is 1. The standard InChI is InChI=1S/C19H15NO5/c1-24-12-6-4-5-11(9-12)15-10-16(15)19(23)25-20-17(21)13-7-2-3-8-14(13)18(20)22/h2-9,15-16H,10H2,1H3/t15-,16+/m0/s1. The van der Waals surface area contributed by atoms with Crippen molar-refractivity contribution < 1.29 is 24.0 Å². The number of hydroxylamine groups is 2. The molecular formula is C19H15NO5. The van der Waals surface area contributed by atoms with E-state index in [1.807, 2.05) is 24.3 Å². The molecule has 1 aliphatic carbocycles. The molecule has 2 amide bonds. The minimum atomic E-state index is -0.604. The molecule has 2 atom stereocenters. The monoisotopic (exact) mass is 337 g/mol. The first kappa shape index (κ1) is 15.4. The third-order valence-corrected chi connectivity index (χ3v) is 4.55. The summed E-state index contributed by atoms with van der Waals surface area (Å²) in [6.45, 7) is 0. The Morgan fingerprint density at radius 2 is 1.72 bits per heavy atom. The maximum absolute atomic E-state index is 12.3. The van der Waals surface area contributed by atoms with Crippen molar-refractivity contribution >= 4 is 17.8 Å². The Balaban J connectivity index is 1.46. The topological polar surface area (TPSA) is 72.9 Å². The predicted molar refractivity (Wildman–Crippen MR) is 86.9 cm³/mol. The fourth-order valence-corrected chi connectivity index (χ4v) is 3.10. The average molecular weight is 337 g/mol. The highest BCUT2D eigenvalue weighted by molar-refractivity contribution is 6.20. The Hall–Kier alpha value is -3.15. The highest BCUT2D eigenvalue weighted by atomic mass is 16.7. The Morgan fingerprint density at radius 1 is 1.04 bits per heavy atom. The molecule has 0 aromatic heterocycles. The molecule has 25 heavy (non-hydrogen) atoms. The van der Waals surface area contributed by atoms with Gasteiger partial charge in [0.2, 0.25) is 0 Å². The minimum Gasteiger partial charge on any atom is -0.497 e. The first-order valence-electron chi connectivity index (χ1n) is 7.93. The summed E-state index contributed by atoms with van der Waals surface area (Å²) in [5.41, 5.74) is 1.48. The molecule has 2 aliphatic rings. The van der Waals surface area contributed by atoms with Crippen LogP contribution >= 0.6 is 0 Å². The van der Waals surface area contributed by atoms with Crippen LogP contribution in [0.15, 0.2) is 48.5 Å². The van der Waals surface area contributed by atoms with Crippen LogP contribution < -0.4 is 4.74 Å². The Bertz CT molecular complexity index is 856. The quantitative estimate of drug-likeness (QED) is 0.802. The summed E-state index contributed by atoms with van der Waals surface area (Å²) in [4.78, 5) is 41.9. The van der Waals surface area contributed by atoms with Crippen molar-refractivity contribution in [3.63, 3.8) is 0 Å². The van der Waals surface area contributed by atoms with Crippen LogP contribution in [-0.2, 0) is 9.63 Å². The van der Waals surface area contributed by atoms with Gasteiger partial charge < -0.3 is 9.57 Å². The highest BCUT2D eigenvalue weighted by Crippen LogP contribution is 2.49. The van der Waals surface area contributed by atoms with Gasteiger partial charge >= 0.3 is 5.97 Å². The molecule has 126 valence electrons. The zero-order valence-electron chi connectivity index (χ0n) is 13.5. The molecule has 2 aromatic rings. The number of benzene rings is 2. The number of hydrogen-bond acceptors (Lipinski definition) is 5. The number of methoxy groups -OCH3 is 1. The van der Waals surface area contributed by atoms with Crippen molar-refractivity contribution in [2.75, 3.05) is 7.11 Å². The van der Waals surface area contributed by atoms with Gasteiger partial charge in [-0.15, -0.1) is 0 Å². The number of nitrogens with zero attached hydrogens (tertiary/aromatic N) is 1. The Morgan fingerprint density at radius 3 is 2.36 bits per heavy atom. The van der Waals surface area contributed by atoms with Gasteiger partial charge in [-0.25, -0.2) is 4.79 Å². The molecule has 0 bridgehead atoms. The molecule has 2 aromatic carbocycles. The fraction of sp³-hybridized carbons (Fsp3) is 0.211. The van der Waals surface area contributed by atoms with Crippen LogP contribution in [0.4, 0.5) is 0 Å². The average Bonchev–Trinajstić information content (AvgIpc) is 3.42. The smallest absolute Gasteiger partial charge is 0.336 e. The van der Waals surface area contributed by atoms with Crippen molar-refractivity contribution in [1.29, 1.82) is 0 Å². The third kappa shape index (κ3) is 2.55. The first-order valence-corrected chi connectivity index (χ1v) is 7.93. The molecule has 1 aliphatic heterocycles. The van der Waals surface area contributed by atoms with E-state index in [1.165, 1.54) is 0 Å². The van der Waals surface area contributed by atoms with Gasteiger partial charge in [0.05, 0.1) is 24.2 Å². The summed E-state index contributed by atoms with van der Waals surface area (Å²) in [5.74, 6) is -1.41.